The van der Waals surface area contributed by atoms with Crippen molar-refractivity contribution < 1.29 is 14.2 Å². The predicted octanol–water partition coefficient (Wildman–Crippen LogP) is 3.12. The van der Waals surface area contributed by atoms with Gasteiger partial charge in [0, 0.05) is 43.3 Å². The molecule has 1 N–H and O–H groups in total. The summed E-state index contributed by atoms with van der Waals surface area (Å²) in [6, 6.07) is 4.59. The molecule has 1 aliphatic heterocycles. The zero-order valence-electron chi connectivity index (χ0n) is 18.4. The Morgan fingerprint density at radius 2 is 1.82 bits per heavy atom. The van der Waals surface area contributed by atoms with Crippen LogP contribution in [0.15, 0.2) is 24.5 Å². The smallest absolute Gasteiger partial charge is 0.322 e. The van der Waals surface area contributed by atoms with Crippen LogP contribution < -0.4 is 19.7 Å². The second-order valence-corrected chi connectivity index (χ2v) is 8.46. The minimum absolute atomic E-state index is 0.102. The summed E-state index contributed by atoms with van der Waals surface area (Å²) < 4.78 is 17.1. The van der Waals surface area contributed by atoms with Gasteiger partial charge < -0.3 is 24.4 Å². The maximum atomic E-state index is 6.48. The fraction of sp³-hybridized carbons (Fsp3) is 0.500. The van der Waals surface area contributed by atoms with Gasteiger partial charge in [0.05, 0.1) is 31.9 Å². The summed E-state index contributed by atoms with van der Waals surface area (Å²) in [6.45, 7) is 3.16. The van der Waals surface area contributed by atoms with Gasteiger partial charge in [0.15, 0.2) is 0 Å². The molecule has 5 rings (SSSR count). The highest BCUT2D eigenvalue weighted by atomic mass is 35.5. The number of fused-ring (bicyclic) bond motifs is 1. The molecule has 0 bridgehead atoms. The molecule has 2 aliphatic rings. The highest BCUT2D eigenvalue weighted by molar-refractivity contribution is 6.28. The van der Waals surface area contributed by atoms with E-state index in [0.29, 0.717) is 5.95 Å². The molecular weight excluding hydrogens is 446 g/mol. The molecule has 0 unspecified atom stereocenters. The SMILES string of the molecule is COc1nc(Cl)nc(NC2CCC(Oc3cc(N4CCOCC4)cc4nccnc34)CC2)n1. The quantitative estimate of drug-likeness (QED) is 0.576. The number of aromatic nitrogens is 5. The number of anilines is 2. The first-order chi connectivity index (χ1) is 16.2. The van der Waals surface area contributed by atoms with Crippen molar-refractivity contribution in [3.63, 3.8) is 0 Å². The normalized spacial score (nSPS) is 21.1. The van der Waals surface area contributed by atoms with Crippen molar-refractivity contribution in [2.24, 2.45) is 0 Å². The van der Waals surface area contributed by atoms with Crippen LogP contribution in [0, 0.1) is 0 Å². The van der Waals surface area contributed by atoms with Gasteiger partial charge in [0.1, 0.15) is 11.3 Å². The van der Waals surface area contributed by atoms with Gasteiger partial charge in [-0.1, -0.05) is 0 Å². The first-order valence-corrected chi connectivity index (χ1v) is 11.5. The molecule has 2 fully saturated rings. The molecule has 0 amide bonds. The van der Waals surface area contributed by atoms with Gasteiger partial charge in [0.2, 0.25) is 11.2 Å². The van der Waals surface area contributed by atoms with E-state index in [1.165, 1.54) is 7.11 Å². The Bertz CT molecular complexity index is 1100. The largest absolute Gasteiger partial charge is 0.488 e. The number of halogens is 1. The predicted molar refractivity (Wildman–Crippen MR) is 124 cm³/mol. The van der Waals surface area contributed by atoms with Crippen LogP contribution in [0.3, 0.4) is 0 Å². The van der Waals surface area contributed by atoms with Crippen LogP contribution in [-0.2, 0) is 4.74 Å². The number of hydrogen-bond acceptors (Lipinski definition) is 10. The molecule has 1 saturated carbocycles. The first kappa shape index (κ1) is 21.8. The maximum absolute atomic E-state index is 6.48. The van der Waals surface area contributed by atoms with Crippen LogP contribution in [-0.4, -0.2) is 70.5 Å². The first-order valence-electron chi connectivity index (χ1n) is 11.1. The van der Waals surface area contributed by atoms with E-state index in [4.69, 9.17) is 25.8 Å². The van der Waals surface area contributed by atoms with Crippen molar-refractivity contribution in [3.05, 3.63) is 29.8 Å². The molecule has 2 aromatic heterocycles. The highest BCUT2D eigenvalue weighted by Crippen LogP contribution is 2.33. The molecule has 0 spiro atoms. The van der Waals surface area contributed by atoms with E-state index >= 15 is 0 Å². The standard InChI is InChI=1S/C22H26ClN7O3/c1-31-22-28-20(23)27-21(29-22)26-14-2-4-16(5-3-14)33-18-13-15(30-8-10-32-11-9-30)12-17-19(18)25-7-6-24-17/h6-7,12-14,16H,2-5,8-11H2,1H3,(H,26,27,28,29). The summed E-state index contributed by atoms with van der Waals surface area (Å²) in [5.74, 6) is 1.21. The maximum Gasteiger partial charge on any atom is 0.322 e. The molecular formula is C22H26ClN7O3. The summed E-state index contributed by atoms with van der Waals surface area (Å²) in [5.41, 5.74) is 2.73. The van der Waals surface area contributed by atoms with Crippen LogP contribution in [0.25, 0.3) is 11.0 Å². The van der Waals surface area contributed by atoms with E-state index < -0.39 is 0 Å². The van der Waals surface area contributed by atoms with Gasteiger partial charge in [-0.3, -0.25) is 4.98 Å². The molecule has 1 aliphatic carbocycles. The van der Waals surface area contributed by atoms with Crippen molar-refractivity contribution in [1.82, 2.24) is 24.9 Å². The lowest BCUT2D eigenvalue weighted by molar-refractivity contribution is 0.122. The van der Waals surface area contributed by atoms with Crippen LogP contribution in [0.4, 0.5) is 11.6 Å². The molecule has 0 atom stereocenters. The van der Waals surface area contributed by atoms with Crippen molar-refractivity contribution in [1.29, 1.82) is 0 Å². The fourth-order valence-electron chi connectivity index (χ4n) is 4.30. The number of methoxy groups -OCH3 is 1. The third-order valence-electron chi connectivity index (χ3n) is 5.97. The van der Waals surface area contributed by atoms with Crippen molar-refractivity contribution in [2.75, 3.05) is 43.6 Å². The van der Waals surface area contributed by atoms with Crippen molar-refractivity contribution in [2.45, 2.75) is 37.8 Å². The van der Waals surface area contributed by atoms with Crippen LogP contribution in [0.2, 0.25) is 5.28 Å². The second kappa shape index (κ2) is 9.88. The average Bonchev–Trinajstić information content (AvgIpc) is 2.85. The zero-order chi connectivity index (χ0) is 22.6. The average molecular weight is 472 g/mol. The number of nitrogens with zero attached hydrogens (tertiary/aromatic N) is 6. The third kappa shape index (κ3) is 5.17. The van der Waals surface area contributed by atoms with Gasteiger partial charge in [-0.15, -0.1) is 0 Å². The molecule has 174 valence electrons. The fourth-order valence-corrected chi connectivity index (χ4v) is 4.45. The topological polar surface area (TPSA) is 107 Å². The molecule has 3 heterocycles. The molecule has 0 radical (unpaired) electrons. The lowest BCUT2D eigenvalue weighted by atomic mass is 9.93. The minimum atomic E-state index is 0.102. The van der Waals surface area contributed by atoms with Crippen LogP contribution in [0.5, 0.6) is 11.8 Å². The zero-order valence-corrected chi connectivity index (χ0v) is 19.2. The van der Waals surface area contributed by atoms with Crippen LogP contribution in [0.1, 0.15) is 25.7 Å². The second-order valence-electron chi connectivity index (χ2n) is 8.12. The van der Waals surface area contributed by atoms with Gasteiger partial charge in [-0.05, 0) is 43.4 Å². The number of nitrogens with one attached hydrogen (secondary N) is 1. The Kier molecular flexibility index (Phi) is 6.54. The van der Waals surface area contributed by atoms with Crippen LogP contribution >= 0.6 is 11.6 Å². The Balaban J connectivity index is 1.26. The summed E-state index contributed by atoms with van der Waals surface area (Å²) in [7, 11) is 1.50. The molecule has 1 aromatic carbocycles. The third-order valence-corrected chi connectivity index (χ3v) is 6.14. The van der Waals surface area contributed by atoms with E-state index in [1.54, 1.807) is 12.4 Å². The Labute approximate surface area is 196 Å². The van der Waals surface area contributed by atoms with E-state index in [0.717, 1.165) is 74.5 Å². The lowest BCUT2D eigenvalue weighted by Crippen LogP contribution is -2.36. The Morgan fingerprint density at radius 1 is 1.03 bits per heavy atom. The summed E-state index contributed by atoms with van der Waals surface area (Å²) in [5, 5.41) is 3.45. The van der Waals surface area contributed by atoms with E-state index in [2.05, 4.69) is 47.3 Å². The molecule has 10 nitrogen and oxygen atoms in total. The van der Waals surface area contributed by atoms with Gasteiger partial charge in [0.25, 0.3) is 0 Å². The van der Waals surface area contributed by atoms with E-state index in [-0.39, 0.29) is 23.4 Å². The minimum Gasteiger partial charge on any atom is -0.488 e. The summed E-state index contributed by atoms with van der Waals surface area (Å²) in [6.07, 6.45) is 7.16. The number of hydrogen-bond donors (Lipinski definition) is 1. The number of ether oxygens (including phenoxy) is 3. The van der Waals surface area contributed by atoms with E-state index in [9.17, 15) is 0 Å². The Hall–Kier alpha value is -2.98. The monoisotopic (exact) mass is 471 g/mol. The summed E-state index contributed by atoms with van der Waals surface area (Å²) >= 11 is 5.95. The number of benzene rings is 1. The van der Waals surface area contributed by atoms with Crippen molar-refractivity contribution >= 4 is 34.3 Å². The number of morpholine rings is 1. The van der Waals surface area contributed by atoms with Gasteiger partial charge >= 0.3 is 6.01 Å². The van der Waals surface area contributed by atoms with E-state index in [1.807, 2.05) is 0 Å². The lowest BCUT2D eigenvalue weighted by Gasteiger charge is -2.31. The highest BCUT2D eigenvalue weighted by Gasteiger charge is 2.25. The van der Waals surface area contributed by atoms with Gasteiger partial charge in [-0.2, -0.15) is 15.0 Å². The molecule has 11 heteroatoms. The Morgan fingerprint density at radius 3 is 2.61 bits per heavy atom. The molecule has 33 heavy (non-hydrogen) atoms. The number of rotatable bonds is 6. The summed E-state index contributed by atoms with van der Waals surface area (Å²) in [4.78, 5) is 23.6. The molecule has 3 aromatic rings. The van der Waals surface area contributed by atoms with Crippen molar-refractivity contribution in [3.8, 4) is 11.8 Å². The molecule has 1 saturated heterocycles. The van der Waals surface area contributed by atoms with Gasteiger partial charge in [-0.25, -0.2) is 4.98 Å².